The monoisotopic (exact) mass is 584 g/mol. The number of hydrogen-bond donors (Lipinski definition) is 3. The minimum Gasteiger partial charge on any atom is -0.488 e. The third-order valence-electron chi connectivity index (χ3n) is 8.01. The minimum absolute atomic E-state index is 0.0620. The van der Waals surface area contributed by atoms with Gasteiger partial charge in [0.15, 0.2) is 8.32 Å². The third-order valence-corrected chi connectivity index (χ3v) is 12.5. The van der Waals surface area contributed by atoms with Crippen LogP contribution in [0.3, 0.4) is 0 Å². The summed E-state index contributed by atoms with van der Waals surface area (Å²) in [6.45, 7) is 18.0. The van der Waals surface area contributed by atoms with Gasteiger partial charge in [0.1, 0.15) is 18.4 Å². The van der Waals surface area contributed by atoms with Gasteiger partial charge < -0.3 is 24.9 Å². The number of fused-ring (bicyclic) bond motifs is 1. The van der Waals surface area contributed by atoms with E-state index in [1.807, 2.05) is 6.07 Å². The fourth-order valence-electron chi connectivity index (χ4n) is 4.39. The van der Waals surface area contributed by atoms with E-state index in [9.17, 15) is 15.6 Å². The van der Waals surface area contributed by atoms with E-state index in [1.165, 1.54) is 0 Å². The van der Waals surface area contributed by atoms with Crippen molar-refractivity contribution in [1.29, 1.82) is 10.5 Å². The molecule has 1 atom stereocenters. The number of hydrogen-bond acceptors (Lipinski definition) is 9. The lowest BCUT2D eigenvalue weighted by Crippen LogP contribution is -2.45. The number of aliphatic hydroxyl groups is 1. The molecule has 10 heteroatoms. The molecule has 4 rings (SSSR count). The molecule has 0 saturated carbocycles. The highest BCUT2D eigenvalue weighted by Crippen LogP contribution is 2.44. The van der Waals surface area contributed by atoms with Crippen LogP contribution in [0.5, 0.6) is 5.75 Å². The number of nitrogens with one attached hydrogen (secondary N) is 2. The molecule has 3 N–H and O–H groups in total. The van der Waals surface area contributed by atoms with Gasteiger partial charge in [0.25, 0.3) is 0 Å². The minimum atomic E-state index is -1.98. The SMILES string of the molecule is CC(C)(O)COc1ccc(C#N)cc1Nc1nccc(-c2cc(C#N)c3c(c2)[C@@](C)(CO[Si](C)(C)C(C)(C)C)CN3)n1. The van der Waals surface area contributed by atoms with Crippen LogP contribution in [0.2, 0.25) is 18.1 Å². The molecule has 9 nitrogen and oxygen atoms in total. The molecular formula is C32H40N6O3Si. The van der Waals surface area contributed by atoms with E-state index in [-0.39, 0.29) is 17.1 Å². The third kappa shape index (κ3) is 6.74. The summed E-state index contributed by atoms with van der Waals surface area (Å²) in [4.78, 5) is 9.13. The van der Waals surface area contributed by atoms with E-state index in [2.05, 4.69) is 74.6 Å². The summed E-state index contributed by atoms with van der Waals surface area (Å²) in [6.07, 6.45) is 1.65. The summed E-state index contributed by atoms with van der Waals surface area (Å²) in [7, 11) is -1.98. The highest BCUT2D eigenvalue weighted by molar-refractivity contribution is 6.74. The molecule has 0 unspecified atom stereocenters. The van der Waals surface area contributed by atoms with Gasteiger partial charge in [-0.15, -0.1) is 0 Å². The first kappa shape index (κ1) is 31.0. The van der Waals surface area contributed by atoms with Crippen molar-refractivity contribution in [2.24, 2.45) is 0 Å². The van der Waals surface area contributed by atoms with Gasteiger partial charge in [-0.1, -0.05) is 27.7 Å². The van der Waals surface area contributed by atoms with E-state index in [0.717, 1.165) is 16.8 Å². The summed E-state index contributed by atoms with van der Waals surface area (Å²) >= 11 is 0. The standard InChI is InChI=1S/C32H40N6O3Si/c1-30(2,3)42(7,8)41-20-32(6)18-36-28-23(17-34)14-22(15-24(28)32)25-11-12-35-29(37-25)38-26-13-21(16-33)9-10-27(26)40-19-31(4,5)39/h9-15,36,39H,18-20H2,1-8H3,(H,35,37,38)/t32-/m1/s1. The summed E-state index contributed by atoms with van der Waals surface area (Å²) in [5.41, 5.74) is 3.46. The van der Waals surface area contributed by atoms with E-state index in [1.54, 1.807) is 44.3 Å². The zero-order chi connectivity index (χ0) is 30.9. The maximum atomic E-state index is 10.1. The molecule has 0 spiro atoms. The topological polar surface area (TPSA) is 136 Å². The van der Waals surface area contributed by atoms with Crippen molar-refractivity contribution in [3.05, 3.63) is 59.3 Å². The summed E-state index contributed by atoms with van der Waals surface area (Å²) in [5, 5.41) is 36.3. The van der Waals surface area contributed by atoms with Crippen molar-refractivity contribution in [2.45, 2.75) is 70.7 Å². The maximum absolute atomic E-state index is 10.1. The summed E-state index contributed by atoms with van der Waals surface area (Å²) in [5.74, 6) is 0.759. The predicted molar refractivity (Wildman–Crippen MR) is 167 cm³/mol. The molecule has 0 bridgehead atoms. The summed E-state index contributed by atoms with van der Waals surface area (Å²) < 4.78 is 12.5. The fourth-order valence-corrected chi connectivity index (χ4v) is 5.50. The van der Waals surface area contributed by atoms with Crippen LogP contribution in [0.1, 0.15) is 58.2 Å². The fraction of sp³-hybridized carbons (Fsp3) is 0.438. The molecule has 0 fully saturated rings. The number of anilines is 3. The van der Waals surface area contributed by atoms with Crippen LogP contribution in [-0.4, -0.2) is 48.8 Å². The van der Waals surface area contributed by atoms with Gasteiger partial charge in [-0.3, -0.25) is 0 Å². The van der Waals surface area contributed by atoms with E-state index >= 15 is 0 Å². The Morgan fingerprint density at radius 1 is 1.10 bits per heavy atom. The maximum Gasteiger partial charge on any atom is 0.227 e. The molecule has 2 aromatic carbocycles. The zero-order valence-electron chi connectivity index (χ0n) is 25.7. The molecule has 1 aromatic heterocycles. The van der Waals surface area contributed by atoms with Crippen molar-refractivity contribution in [2.75, 3.05) is 30.4 Å². The molecule has 1 aliphatic heterocycles. The van der Waals surface area contributed by atoms with Crippen molar-refractivity contribution in [3.63, 3.8) is 0 Å². The second-order valence-electron chi connectivity index (χ2n) is 13.3. The number of aromatic nitrogens is 2. The van der Waals surface area contributed by atoms with Crippen molar-refractivity contribution < 1.29 is 14.3 Å². The molecule has 1 aliphatic rings. The number of ether oxygens (including phenoxy) is 1. The number of rotatable bonds is 9. The van der Waals surface area contributed by atoms with Gasteiger partial charge in [-0.05, 0) is 73.9 Å². The van der Waals surface area contributed by atoms with Crippen molar-refractivity contribution in [1.82, 2.24) is 9.97 Å². The van der Waals surface area contributed by atoms with Crippen molar-refractivity contribution >= 4 is 25.6 Å². The Morgan fingerprint density at radius 3 is 2.48 bits per heavy atom. The van der Waals surface area contributed by atoms with E-state index in [4.69, 9.17) is 14.1 Å². The number of nitriles is 2. The van der Waals surface area contributed by atoms with Gasteiger partial charge in [-0.2, -0.15) is 10.5 Å². The van der Waals surface area contributed by atoms with Crippen molar-refractivity contribution in [3.8, 4) is 29.1 Å². The molecule has 0 saturated heterocycles. The van der Waals surface area contributed by atoms with Crippen LogP contribution in [-0.2, 0) is 9.84 Å². The molecule has 0 radical (unpaired) electrons. The summed E-state index contributed by atoms with van der Waals surface area (Å²) in [6, 6.07) is 15.2. The lowest BCUT2D eigenvalue weighted by molar-refractivity contribution is 0.0287. The van der Waals surface area contributed by atoms with Crippen LogP contribution in [0.25, 0.3) is 11.3 Å². The second kappa shape index (κ2) is 11.4. The Morgan fingerprint density at radius 2 is 1.83 bits per heavy atom. The highest BCUT2D eigenvalue weighted by Gasteiger charge is 2.42. The zero-order valence-corrected chi connectivity index (χ0v) is 26.7. The lowest BCUT2D eigenvalue weighted by atomic mass is 9.83. The molecule has 3 aromatic rings. The first-order valence-electron chi connectivity index (χ1n) is 14.0. The average molecular weight is 585 g/mol. The first-order valence-corrected chi connectivity index (χ1v) is 16.9. The number of nitrogens with zero attached hydrogens (tertiary/aromatic N) is 4. The lowest BCUT2D eigenvalue weighted by Gasteiger charge is -2.39. The van der Waals surface area contributed by atoms with Gasteiger partial charge in [0, 0.05) is 30.3 Å². The Labute approximate surface area is 249 Å². The van der Waals surface area contributed by atoms with Gasteiger partial charge >= 0.3 is 0 Å². The normalized spacial score (nSPS) is 16.6. The molecular weight excluding hydrogens is 544 g/mol. The Balaban J connectivity index is 1.67. The van der Waals surface area contributed by atoms with Gasteiger partial charge in [0.05, 0.1) is 39.9 Å². The van der Waals surface area contributed by atoms with Crippen LogP contribution < -0.4 is 15.4 Å². The average Bonchev–Trinajstić information content (AvgIpc) is 3.26. The van der Waals surface area contributed by atoms with Crippen LogP contribution in [0, 0.1) is 22.7 Å². The first-order chi connectivity index (χ1) is 19.5. The van der Waals surface area contributed by atoms with Gasteiger partial charge in [0.2, 0.25) is 5.95 Å². The Kier molecular flexibility index (Phi) is 8.39. The quantitative estimate of drug-likeness (QED) is 0.241. The highest BCUT2D eigenvalue weighted by atomic mass is 28.4. The number of benzene rings is 2. The Bertz CT molecular complexity index is 1560. The van der Waals surface area contributed by atoms with Crippen LogP contribution in [0.15, 0.2) is 42.6 Å². The van der Waals surface area contributed by atoms with Crippen LogP contribution in [0.4, 0.5) is 17.3 Å². The van der Waals surface area contributed by atoms with Gasteiger partial charge in [-0.25, -0.2) is 9.97 Å². The Hall–Kier alpha value is -3.96. The van der Waals surface area contributed by atoms with E-state index in [0.29, 0.717) is 47.4 Å². The predicted octanol–water partition coefficient (Wildman–Crippen LogP) is 6.49. The molecule has 42 heavy (non-hydrogen) atoms. The smallest absolute Gasteiger partial charge is 0.227 e. The van der Waals surface area contributed by atoms with E-state index < -0.39 is 13.9 Å². The van der Waals surface area contributed by atoms with Crippen LogP contribution >= 0.6 is 0 Å². The molecule has 220 valence electrons. The molecule has 0 amide bonds. The molecule has 0 aliphatic carbocycles. The second-order valence-corrected chi connectivity index (χ2v) is 18.1. The molecule has 2 heterocycles. The largest absolute Gasteiger partial charge is 0.488 e.